The molecule has 136 valence electrons. The van der Waals surface area contributed by atoms with Gasteiger partial charge in [-0.05, 0) is 6.42 Å². The van der Waals surface area contributed by atoms with Crippen LogP contribution in [0.4, 0.5) is 0 Å². The number of carbonyl (C=O) groups is 2. The smallest absolute Gasteiger partial charge is 0.306 e. The van der Waals surface area contributed by atoms with Crippen molar-refractivity contribution in [2.75, 3.05) is 27.7 Å². The van der Waals surface area contributed by atoms with Crippen molar-refractivity contribution in [3.8, 4) is 0 Å². The van der Waals surface area contributed by atoms with Gasteiger partial charge in [0.05, 0.1) is 33.7 Å². The minimum Gasteiger partial charge on any atom is -0.481 e. The minimum atomic E-state index is -1.94. The first-order valence-electron chi connectivity index (χ1n) is 8.46. The molecule has 0 heterocycles. The lowest BCUT2D eigenvalue weighted by Crippen LogP contribution is -2.55. The van der Waals surface area contributed by atoms with E-state index in [0.29, 0.717) is 6.42 Å². The van der Waals surface area contributed by atoms with Gasteiger partial charge in [-0.3, -0.25) is 9.59 Å². The molecule has 6 heteroatoms. The Labute approximate surface area is 139 Å². The second kappa shape index (κ2) is 10.0. The van der Waals surface area contributed by atoms with E-state index in [2.05, 4.69) is 6.92 Å². The fourth-order valence-electron chi connectivity index (χ4n) is 2.77. The molecule has 0 fully saturated rings. The van der Waals surface area contributed by atoms with Crippen LogP contribution in [0, 0.1) is 0 Å². The number of carboxylic acids is 1. The summed E-state index contributed by atoms with van der Waals surface area (Å²) in [6.45, 7) is 2.13. The summed E-state index contributed by atoms with van der Waals surface area (Å²) in [6.07, 6.45) is 4.12. The number of hydrogen-bond donors (Lipinski definition) is 3. The number of nitrogens with zero attached hydrogens (tertiary/aromatic N) is 1. The largest absolute Gasteiger partial charge is 0.481 e. The Morgan fingerprint density at radius 2 is 1.65 bits per heavy atom. The second-order valence-corrected chi connectivity index (χ2v) is 7.53. The highest BCUT2D eigenvalue weighted by Gasteiger charge is 2.43. The van der Waals surface area contributed by atoms with Crippen LogP contribution in [0.2, 0.25) is 0 Å². The van der Waals surface area contributed by atoms with Crippen LogP contribution in [0.1, 0.15) is 58.3 Å². The molecule has 0 aromatic heterocycles. The normalized spacial score (nSPS) is 15.9. The van der Waals surface area contributed by atoms with Gasteiger partial charge >= 0.3 is 5.97 Å². The van der Waals surface area contributed by atoms with E-state index in [4.69, 9.17) is 5.11 Å². The Kier molecular flexibility index (Phi) is 9.58. The van der Waals surface area contributed by atoms with E-state index in [1.54, 1.807) is 21.1 Å². The maximum atomic E-state index is 12.3. The van der Waals surface area contributed by atoms with E-state index in [0.717, 1.165) is 32.1 Å². The van der Waals surface area contributed by atoms with Crippen molar-refractivity contribution >= 4 is 11.8 Å². The fraction of sp³-hybridized carbons (Fsp3) is 0.882. The summed E-state index contributed by atoms with van der Waals surface area (Å²) < 4.78 is 0.267. The van der Waals surface area contributed by atoms with Crippen LogP contribution < -0.4 is 0 Å². The highest BCUT2D eigenvalue weighted by molar-refractivity contribution is 5.91. The third kappa shape index (κ3) is 10.4. The van der Waals surface area contributed by atoms with Gasteiger partial charge in [0.2, 0.25) is 0 Å². The second-order valence-electron chi connectivity index (χ2n) is 7.53. The lowest BCUT2D eigenvalue weighted by Gasteiger charge is -2.34. The molecule has 0 bridgehead atoms. The summed E-state index contributed by atoms with van der Waals surface area (Å²) in [6, 6.07) is 0. The minimum absolute atomic E-state index is 0.00134. The third-order valence-corrected chi connectivity index (χ3v) is 3.76. The maximum Gasteiger partial charge on any atom is 0.306 e. The van der Waals surface area contributed by atoms with E-state index in [-0.39, 0.29) is 17.4 Å². The van der Waals surface area contributed by atoms with Gasteiger partial charge in [0, 0.05) is 6.42 Å². The average Bonchev–Trinajstić information content (AvgIpc) is 2.35. The fourth-order valence-corrected chi connectivity index (χ4v) is 2.77. The molecule has 0 saturated heterocycles. The number of quaternary nitrogens is 1. The number of unbranched alkanes of at least 4 members (excludes halogenated alkanes) is 4. The summed E-state index contributed by atoms with van der Waals surface area (Å²) in [5.41, 5.74) is -1.94. The molecule has 0 saturated carbocycles. The van der Waals surface area contributed by atoms with Crippen molar-refractivity contribution in [3.63, 3.8) is 0 Å². The van der Waals surface area contributed by atoms with Crippen LogP contribution in [0.15, 0.2) is 0 Å². The van der Waals surface area contributed by atoms with Gasteiger partial charge in [0.1, 0.15) is 6.54 Å². The van der Waals surface area contributed by atoms with Gasteiger partial charge < -0.3 is 19.8 Å². The summed E-state index contributed by atoms with van der Waals surface area (Å²) in [4.78, 5) is 23.3. The number of rotatable bonds is 13. The maximum absolute atomic E-state index is 12.3. The molecule has 6 nitrogen and oxygen atoms in total. The average molecular weight is 332 g/mol. The SMILES string of the molecule is CCCCCCCC(O)CC(=O)C(O)(CC(=O)O)C[N+](C)(C)C. The number of ketones is 1. The number of likely N-dealkylation sites (N-methyl/N-ethyl adjacent to an activating group) is 1. The lowest BCUT2D eigenvalue weighted by atomic mass is 9.88. The highest BCUT2D eigenvalue weighted by Crippen LogP contribution is 2.20. The number of aliphatic carboxylic acids is 1. The molecule has 0 aliphatic carbocycles. The standard InChI is InChI=1S/C17H33NO5/c1-5-6-7-8-9-10-14(19)11-15(20)17(23,12-16(21)22)13-18(2,3)4/h14,19,23H,5-13H2,1-4H3/p+1. The van der Waals surface area contributed by atoms with Crippen LogP contribution in [0.5, 0.6) is 0 Å². The van der Waals surface area contributed by atoms with Gasteiger partial charge in [0.15, 0.2) is 11.4 Å². The molecule has 0 radical (unpaired) electrons. The van der Waals surface area contributed by atoms with Crippen molar-refractivity contribution in [3.05, 3.63) is 0 Å². The lowest BCUT2D eigenvalue weighted by molar-refractivity contribution is -0.875. The zero-order chi connectivity index (χ0) is 18.1. The van der Waals surface area contributed by atoms with E-state index in [9.17, 15) is 19.8 Å². The molecule has 2 atom stereocenters. The number of carbonyl (C=O) groups excluding carboxylic acids is 1. The summed E-state index contributed by atoms with van der Waals surface area (Å²) in [7, 11) is 5.35. The van der Waals surface area contributed by atoms with Gasteiger partial charge in [-0.2, -0.15) is 0 Å². The van der Waals surface area contributed by atoms with E-state index in [1.165, 1.54) is 0 Å². The van der Waals surface area contributed by atoms with Crippen molar-refractivity contribution in [2.45, 2.75) is 70.0 Å². The first-order valence-corrected chi connectivity index (χ1v) is 8.46. The number of Topliss-reactive ketones (excluding diaryl/α,β-unsaturated/α-hetero) is 1. The highest BCUT2D eigenvalue weighted by atomic mass is 16.4. The van der Waals surface area contributed by atoms with Crippen LogP contribution in [-0.2, 0) is 9.59 Å². The monoisotopic (exact) mass is 332 g/mol. The molecule has 0 amide bonds. The topological polar surface area (TPSA) is 94.8 Å². The van der Waals surface area contributed by atoms with Crippen molar-refractivity contribution in [2.24, 2.45) is 0 Å². The summed E-state index contributed by atoms with van der Waals surface area (Å²) >= 11 is 0. The third-order valence-electron chi connectivity index (χ3n) is 3.76. The summed E-state index contributed by atoms with van der Waals surface area (Å²) in [5, 5.41) is 29.5. The molecule has 23 heavy (non-hydrogen) atoms. The van der Waals surface area contributed by atoms with E-state index >= 15 is 0 Å². The Hall–Kier alpha value is -0.980. The molecule has 2 unspecified atom stereocenters. The van der Waals surface area contributed by atoms with Crippen molar-refractivity contribution in [1.29, 1.82) is 0 Å². The quantitative estimate of drug-likeness (QED) is 0.352. The Bertz CT molecular complexity index is 378. The van der Waals surface area contributed by atoms with Gasteiger partial charge in [-0.15, -0.1) is 0 Å². The number of carboxylic acid groups (broad SMARTS) is 1. The van der Waals surface area contributed by atoms with Crippen molar-refractivity contribution < 1.29 is 29.4 Å². The molecule has 0 spiro atoms. The molecule has 0 aromatic carbocycles. The van der Waals surface area contributed by atoms with Crippen LogP contribution in [-0.4, -0.2) is 70.9 Å². The molecule has 0 rings (SSSR count). The Balaban J connectivity index is 4.56. The van der Waals surface area contributed by atoms with Crippen LogP contribution in [0.25, 0.3) is 0 Å². The summed E-state index contributed by atoms with van der Waals surface area (Å²) in [5.74, 6) is -1.81. The zero-order valence-electron chi connectivity index (χ0n) is 15.0. The van der Waals surface area contributed by atoms with Gasteiger partial charge in [-0.25, -0.2) is 0 Å². The van der Waals surface area contributed by atoms with Crippen molar-refractivity contribution in [1.82, 2.24) is 0 Å². The van der Waals surface area contributed by atoms with E-state index in [1.807, 2.05) is 0 Å². The molecule has 3 N–H and O–H groups in total. The molecule has 0 aliphatic heterocycles. The van der Waals surface area contributed by atoms with Crippen LogP contribution >= 0.6 is 0 Å². The number of aliphatic hydroxyl groups excluding tert-OH is 1. The Morgan fingerprint density at radius 3 is 2.13 bits per heavy atom. The molecular formula is C17H34NO5+. The molecule has 0 aliphatic rings. The molecule has 0 aromatic rings. The number of hydrogen-bond acceptors (Lipinski definition) is 4. The first kappa shape index (κ1) is 22.0. The van der Waals surface area contributed by atoms with Crippen LogP contribution in [0.3, 0.4) is 0 Å². The van der Waals surface area contributed by atoms with E-state index < -0.39 is 29.9 Å². The first-order chi connectivity index (χ1) is 10.5. The van der Waals surface area contributed by atoms with Gasteiger partial charge in [0.25, 0.3) is 0 Å². The Morgan fingerprint density at radius 1 is 1.09 bits per heavy atom. The zero-order valence-corrected chi connectivity index (χ0v) is 15.0. The predicted molar refractivity (Wildman–Crippen MR) is 89.1 cm³/mol. The van der Waals surface area contributed by atoms with Gasteiger partial charge in [-0.1, -0.05) is 39.0 Å². The molecular weight excluding hydrogens is 298 g/mol. The number of aliphatic hydroxyl groups is 2. The predicted octanol–water partition coefficient (Wildman–Crippen LogP) is 1.58.